The smallest absolute Gasteiger partial charge is 0.417 e. The molecule has 2 aliphatic heterocycles. The first-order chi connectivity index (χ1) is 23.6. The Kier molecular flexibility index (Phi) is 7.92. The molecular formula is C33H23Cl3F3N5O6. The lowest BCUT2D eigenvalue weighted by atomic mass is 9.49. The van der Waals surface area contributed by atoms with Crippen molar-refractivity contribution in [2.24, 2.45) is 29.4 Å². The van der Waals surface area contributed by atoms with E-state index >= 15 is 4.79 Å². The third-order valence-electron chi connectivity index (χ3n) is 10.1. The normalized spacial score (nSPS) is 27.6. The number of primary amides is 1. The number of rotatable bonds is 4. The van der Waals surface area contributed by atoms with Crippen LogP contribution in [0.2, 0.25) is 15.1 Å². The lowest BCUT2D eigenvalue weighted by Crippen LogP contribution is -2.53. The molecule has 4 N–H and O–H groups in total. The van der Waals surface area contributed by atoms with Crippen LogP contribution in [0, 0.1) is 23.7 Å². The maximum Gasteiger partial charge on any atom is 0.417 e. The van der Waals surface area contributed by atoms with Crippen LogP contribution >= 0.6 is 34.8 Å². The summed E-state index contributed by atoms with van der Waals surface area (Å²) in [5.41, 5.74) is 5.68. The molecule has 11 nitrogen and oxygen atoms in total. The number of phenolic OH excluding ortho intramolecular Hbond substituents is 1. The number of anilines is 1. The van der Waals surface area contributed by atoms with Crippen LogP contribution in [-0.4, -0.2) is 49.7 Å². The molecule has 6 amide bonds. The Hall–Kier alpha value is -4.66. The maximum atomic E-state index is 15.1. The van der Waals surface area contributed by atoms with Crippen molar-refractivity contribution in [1.29, 1.82) is 0 Å². The Balaban J connectivity index is 1.45. The number of benzene rings is 2. The predicted molar refractivity (Wildman–Crippen MR) is 171 cm³/mol. The van der Waals surface area contributed by atoms with Crippen molar-refractivity contribution in [2.75, 3.05) is 5.43 Å². The van der Waals surface area contributed by atoms with Gasteiger partial charge in [0.25, 0.3) is 11.8 Å². The average molecular weight is 749 g/mol. The van der Waals surface area contributed by atoms with Crippen LogP contribution < -0.4 is 11.2 Å². The number of likely N-dealkylation sites (tertiary alicyclic amines) is 1. The number of hydrazine groups is 1. The highest BCUT2D eigenvalue weighted by atomic mass is 35.5. The van der Waals surface area contributed by atoms with Crippen LogP contribution in [0.4, 0.5) is 23.8 Å². The molecular weight excluding hydrogens is 726 g/mol. The van der Waals surface area contributed by atoms with Crippen LogP contribution in [0.1, 0.15) is 35.4 Å². The topological polar surface area (TPSA) is 163 Å². The molecule has 4 aliphatic rings. The number of fused-ring (bicyclic) bond motifs is 4. The molecule has 7 rings (SSSR count). The van der Waals surface area contributed by atoms with Crippen LogP contribution in [-0.2, 0) is 30.8 Å². The van der Waals surface area contributed by atoms with E-state index in [0.29, 0.717) is 32.8 Å². The number of carbonyl (C=O) groups is 5. The highest BCUT2D eigenvalue weighted by Gasteiger charge is 2.71. The van der Waals surface area contributed by atoms with Gasteiger partial charge in [0, 0.05) is 27.7 Å². The SMILES string of the molecule is NC(=O)N1C(=O)C2CC=C3C(CC4C(=O)N(Nc5ncc(C(F)(F)F)cc5Cl)C(=O)C4(c4ccc(Cl)cc4)C3c3cc(Cl)ccc3O)C2C1=O. The van der Waals surface area contributed by atoms with Gasteiger partial charge in [-0.05, 0) is 60.7 Å². The molecule has 0 bridgehead atoms. The standard InChI is InChI=1S/C33H23Cl3F3N5O6/c34-15-3-1-13(2-4-15)32-21(28(47)44(30(32)49)42-26-22(36)9-14(12-41-26)33(37,38)39)11-19-17(25(32)20-10-16(35)5-8-23(20)45)6-7-18-24(19)29(48)43(27(18)46)31(40)50/h1-6,8-10,12,18-19,21,24-25,45H,7,11H2,(H2,40,50)(H,41,42). The van der Waals surface area contributed by atoms with Crippen molar-refractivity contribution in [2.45, 2.75) is 30.4 Å². The van der Waals surface area contributed by atoms with Gasteiger partial charge in [-0.15, -0.1) is 0 Å². The Morgan fingerprint density at radius 3 is 2.28 bits per heavy atom. The number of hydrogen-bond donors (Lipinski definition) is 3. The third kappa shape index (κ3) is 4.87. The van der Waals surface area contributed by atoms with Crippen molar-refractivity contribution in [3.05, 3.63) is 98.1 Å². The van der Waals surface area contributed by atoms with E-state index in [4.69, 9.17) is 40.5 Å². The van der Waals surface area contributed by atoms with E-state index in [1.54, 1.807) is 6.08 Å². The second-order valence-electron chi connectivity index (χ2n) is 12.5. The number of nitrogens with zero attached hydrogens (tertiary/aromatic N) is 3. The fourth-order valence-corrected chi connectivity index (χ4v) is 8.62. The molecule has 258 valence electrons. The fraction of sp³-hybridized carbons (Fsp3) is 0.273. The number of hydrogen-bond acceptors (Lipinski definition) is 8. The molecule has 0 spiro atoms. The van der Waals surface area contributed by atoms with Crippen molar-refractivity contribution in [3.63, 3.8) is 0 Å². The molecule has 3 heterocycles. The Bertz CT molecular complexity index is 2060. The van der Waals surface area contributed by atoms with E-state index in [2.05, 4.69) is 10.4 Å². The van der Waals surface area contributed by atoms with Crippen molar-refractivity contribution in [1.82, 2.24) is 14.9 Å². The number of pyridine rings is 1. The monoisotopic (exact) mass is 747 g/mol. The van der Waals surface area contributed by atoms with Gasteiger partial charge in [0.1, 0.15) is 5.75 Å². The summed E-state index contributed by atoms with van der Waals surface area (Å²) < 4.78 is 40.1. The lowest BCUT2D eigenvalue weighted by molar-refractivity contribution is -0.140. The summed E-state index contributed by atoms with van der Waals surface area (Å²) in [4.78, 5) is 72.9. The highest BCUT2D eigenvalue weighted by Crippen LogP contribution is 2.65. The van der Waals surface area contributed by atoms with Gasteiger partial charge in [0.2, 0.25) is 11.8 Å². The number of nitrogens with two attached hydrogens (primary N) is 1. The van der Waals surface area contributed by atoms with Crippen molar-refractivity contribution >= 4 is 70.3 Å². The van der Waals surface area contributed by atoms with Gasteiger partial charge in [-0.3, -0.25) is 24.6 Å². The summed E-state index contributed by atoms with van der Waals surface area (Å²) in [6.07, 6.45) is -2.85. The molecule has 3 aromatic rings. The van der Waals surface area contributed by atoms with Gasteiger partial charge >= 0.3 is 12.2 Å². The predicted octanol–water partition coefficient (Wildman–Crippen LogP) is 5.83. The third-order valence-corrected chi connectivity index (χ3v) is 10.9. The molecule has 50 heavy (non-hydrogen) atoms. The second kappa shape index (κ2) is 11.7. The number of halogens is 6. The Labute approximate surface area is 295 Å². The van der Waals surface area contributed by atoms with Crippen molar-refractivity contribution in [3.8, 4) is 5.75 Å². The number of amides is 6. The number of phenols is 1. The molecule has 2 aromatic carbocycles. The summed E-state index contributed by atoms with van der Waals surface area (Å²) in [6, 6.07) is 9.54. The number of urea groups is 1. The first-order valence-corrected chi connectivity index (χ1v) is 16.2. The van der Waals surface area contributed by atoms with E-state index in [1.165, 1.54) is 42.5 Å². The summed E-state index contributed by atoms with van der Waals surface area (Å²) in [7, 11) is 0. The number of alkyl halides is 3. The quantitative estimate of drug-likeness (QED) is 0.222. The van der Waals surface area contributed by atoms with E-state index < -0.39 is 87.2 Å². The number of aromatic nitrogens is 1. The van der Waals surface area contributed by atoms with Gasteiger partial charge in [-0.25, -0.2) is 9.78 Å². The minimum atomic E-state index is -4.78. The summed E-state index contributed by atoms with van der Waals surface area (Å²) >= 11 is 18.8. The van der Waals surface area contributed by atoms with Gasteiger partial charge < -0.3 is 10.8 Å². The van der Waals surface area contributed by atoms with Gasteiger partial charge in [0.15, 0.2) is 5.82 Å². The Morgan fingerprint density at radius 1 is 0.960 bits per heavy atom. The number of imide groups is 4. The number of carbonyl (C=O) groups excluding carboxylic acids is 5. The summed E-state index contributed by atoms with van der Waals surface area (Å²) in [5, 5.41) is 11.9. The number of allylic oxidation sites excluding steroid dienone is 2. The first-order valence-electron chi connectivity index (χ1n) is 15.1. The molecule has 6 atom stereocenters. The van der Waals surface area contributed by atoms with Gasteiger partial charge in [-0.1, -0.05) is 58.6 Å². The van der Waals surface area contributed by atoms with E-state index in [-0.39, 0.29) is 34.7 Å². The van der Waals surface area contributed by atoms with Crippen LogP contribution in [0.5, 0.6) is 5.75 Å². The molecule has 1 saturated carbocycles. The minimum Gasteiger partial charge on any atom is -0.508 e. The molecule has 2 saturated heterocycles. The zero-order valence-corrected chi connectivity index (χ0v) is 27.5. The van der Waals surface area contributed by atoms with E-state index in [9.17, 15) is 37.5 Å². The molecule has 6 unspecified atom stereocenters. The molecule has 1 aromatic heterocycles. The number of aromatic hydroxyl groups is 1. The molecule has 17 heteroatoms. The van der Waals surface area contributed by atoms with Crippen LogP contribution in [0.3, 0.4) is 0 Å². The minimum absolute atomic E-state index is 0.0285. The Morgan fingerprint density at radius 2 is 1.64 bits per heavy atom. The first kappa shape index (κ1) is 33.8. The summed E-state index contributed by atoms with van der Waals surface area (Å²) in [5.74, 6) is -9.71. The molecule has 3 fully saturated rings. The molecule has 0 radical (unpaired) electrons. The molecule has 2 aliphatic carbocycles. The van der Waals surface area contributed by atoms with Gasteiger partial charge in [-0.2, -0.15) is 23.1 Å². The largest absolute Gasteiger partial charge is 0.508 e. The fourth-order valence-electron chi connectivity index (χ4n) is 8.10. The van der Waals surface area contributed by atoms with Crippen molar-refractivity contribution < 1.29 is 42.3 Å². The van der Waals surface area contributed by atoms with E-state index in [0.717, 1.165) is 0 Å². The zero-order chi connectivity index (χ0) is 36.0. The van der Waals surface area contributed by atoms with Crippen LogP contribution in [0.15, 0.2) is 66.4 Å². The summed E-state index contributed by atoms with van der Waals surface area (Å²) in [6.45, 7) is 0. The average Bonchev–Trinajstić information content (AvgIpc) is 3.44. The van der Waals surface area contributed by atoms with Gasteiger partial charge in [0.05, 0.1) is 33.8 Å². The maximum absolute atomic E-state index is 15.1. The second-order valence-corrected chi connectivity index (χ2v) is 13.8. The lowest BCUT2D eigenvalue weighted by Gasteiger charge is -2.50. The van der Waals surface area contributed by atoms with Crippen LogP contribution in [0.25, 0.3) is 0 Å². The highest BCUT2D eigenvalue weighted by molar-refractivity contribution is 6.33. The zero-order valence-electron chi connectivity index (χ0n) is 25.2. The number of nitrogens with one attached hydrogen (secondary N) is 1. The van der Waals surface area contributed by atoms with E-state index in [1.807, 2.05) is 0 Å².